The first kappa shape index (κ1) is 21.5. The first-order valence-electron chi connectivity index (χ1n) is 9.00. The molecule has 3 heterocycles. The Bertz CT molecular complexity index is 1290. The van der Waals surface area contributed by atoms with Gasteiger partial charge in [-0.1, -0.05) is 18.2 Å². The minimum Gasteiger partial charge on any atom is -0.286 e. The smallest absolute Gasteiger partial charge is 0.286 e. The number of amides is 2. The number of rotatable bonds is 3. The number of fused-ring (bicyclic) bond motifs is 1. The number of carbonyl (C=O) groups excluding carboxylic acids is 1. The first-order chi connectivity index (χ1) is 14.4. The second kappa shape index (κ2) is 7.18. The van der Waals surface area contributed by atoms with Crippen molar-refractivity contribution in [3.63, 3.8) is 0 Å². The third-order valence-electron chi connectivity index (χ3n) is 5.22. The number of urea groups is 1. The maximum Gasteiger partial charge on any atom is 0.417 e. The summed E-state index contributed by atoms with van der Waals surface area (Å²) in [6.45, 7) is 3.14. The number of hydrogen-bond acceptors (Lipinski definition) is 5. The van der Waals surface area contributed by atoms with Crippen LogP contribution in [0.4, 0.5) is 28.7 Å². The molecule has 164 valence electrons. The highest BCUT2D eigenvalue weighted by Gasteiger charge is 2.52. The van der Waals surface area contributed by atoms with Crippen LogP contribution in [0.5, 0.6) is 0 Å². The van der Waals surface area contributed by atoms with Gasteiger partial charge < -0.3 is 0 Å². The lowest BCUT2D eigenvalue weighted by atomic mass is 10.1. The van der Waals surface area contributed by atoms with E-state index in [1.54, 1.807) is 31.2 Å². The van der Waals surface area contributed by atoms with Gasteiger partial charge in [-0.25, -0.2) is 4.79 Å². The lowest BCUT2D eigenvalue weighted by Gasteiger charge is -2.23. The molecule has 0 spiro atoms. The quantitative estimate of drug-likeness (QED) is 0.561. The van der Waals surface area contributed by atoms with Crippen molar-refractivity contribution in [1.29, 1.82) is 0 Å². The van der Waals surface area contributed by atoms with Crippen LogP contribution in [-0.4, -0.2) is 35.4 Å². The molecule has 1 unspecified atom stereocenters. The average Bonchev–Trinajstić information content (AvgIpc) is 3.25. The maximum atomic E-state index is 13.3. The lowest BCUT2D eigenvalue weighted by Crippen LogP contribution is -2.42. The molecule has 2 amide bonds. The molecule has 7 nitrogen and oxygen atoms in total. The molecule has 1 fully saturated rings. The van der Waals surface area contributed by atoms with Gasteiger partial charge in [-0.2, -0.15) is 21.6 Å². The van der Waals surface area contributed by atoms with Crippen molar-refractivity contribution in [3.05, 3.63) is 53.0 Å². The number of hydrogen-bond donors (Lipinski definition) is 1. The molecular formula is C19H16F3N3O4S2. The van der Waals surface area contributed by atoms with Crippen LogP contribution in [0.2, 0.25) is 0 Å². The van der Waals surface area contributed by atoms with Crippen molar-refractivity contribution in [2.24, 2.45) is 0 Å². The number of aromatic nitrogens is 1. The fraction of sp³-hybridized carbons (Fsp3) is 0.263. The molecule has 0 aliphatic carbocycles. The van der Waals surface area contributed by atoms with E-state index >= 15 is 0 Å². The molecule has 2 aromatic heterocycles. The second-order valence-electron chi connectivity index (χ2n) is 7.13. The Hall–Kier alpha value is -2.70. The Labute approximate surface area is 179 Å². The molecule has 2 atom stereocenters. The van der Waals surface area contributed by atoms with Crippen molar-refractivity contribution >= 4 is 49.1 Å². The van der Waals surface area contributed by atoms with Gasteiger partial charge in [-0.05, 0) is 31.5 Å². The molecule has 31 heavy (non-hydrogen) atoms. The monoisotopic (exact) mass is 471 g/mol. The van der Waals surface area contributed by atoms with E-state index in [1.807, 2.05) is 0 Å². The summed E-state index contributed by atoms with van der Waals surface area (Å²) < 4.78 is 73.3. The number of para-hydroxylation sites is 1. The van der Waals surface area contributed by atoms with Crippen LogP contribution in [-0.2, 0) is 16.3 Å². The van der Waals surface area contributed by atoms with Crippen molar-refractivity contribution in [1.82, 2.24) is 4.98 Å². The number of carbonyl (C=O) groups is 1. The molecule has 1 aliphatic rings. The summed E-state index contributed by atoms with van der Waals surface area (Å²) in [5.41, 5.74) is 0.604. The summed E-state index contributed by atoms with van der Waals surface area (Å²) in [6, 6.07) is 5.88. The van der Waals surface area contributed by atoms with E-state index in [0.29, 0.717) is 39.1 Å². The zero-order valence-corrected chi connectivity index (χ0v) is 17.8. The van der Waals surface area contributed by atoms with Gasteiger partial charge in [0.1, 0.15) is 5.00 Å². The van der Waals surface area contributed by atoms with Crippen LogP contribution in [0.25, 0.3) is 10.9 Å². The number of halogens is 3. The summed E-state index contributed by atoms with van der Waals surface area (Å²) in [7, 11) is -4.84. The van der Waals surface area contributed by atoms with Crippen LogP contribution in [0.15, 0.2) is 41.9 Å². The lowest BCUT2D eigenvalue weighted by molar-refractivity contribution is -0.137. The Kier molecular flexibility index (Phi) is 4.98. The third-order valence-corrected chi connectivity index (χ3v) is 7.36. The minimum absolute atomic E-state index is 0.235. The minimum atomic E-state index is -4.84. The van der Waals surface area contributed by atoms with E-state index in [9.17, 15) is 30.9 Å². The van der Waals surface area contributed by atoms with Crippen molar-refractivity contribution in [3.8, 4) is 0 Å². The van der Waals surface area contributed by atoms with Gasteiger partial charge in [-0.3, -0.25) is 19.3 Å². The largest absolute Gasteiger partial charge is 0.417 e. The predicted molar refractivity (Wildman–Crippen MR) is 111 cm³/mol. The number of thiophene rings is 1. The maximum absolute atomic E-state index is 13.3. The van der Waals surface area contributed by atoms with Crippen LogP contribution in [0, 0.1) is 6.92 Å². The highest BCUT2D eigenvalue weighted by Crippen LogP contribution is 2.42. The van der Waals surface area contributed by atoms with Gasteiger partial charge >= 0.3 is 12.2 Å². The zero-order chi connectivity index (χ0) is 22.7. The van der Waals surface area contributed by atoms with Crippen molar-refractivity contribution < 1.29 is 30.9 Å². The van der Waals surface area contributed by atoms with Gasteiger partial charge in [0.2, 0.25) is 0 Å². The summed E-state index contributed by atoms with van der Waals surface area (Å²) in [6.07, 6.45) is -3.25. The van der Waals surface area contributed by atoms with Gasteiger partial charge in [0.15, 0.2) is 5.37 Å². The Morgan fingerprint density at radius 3 is 2.48 bits per heavy atom. The van der Waals surface area contributed by atoms with Gasteiger partial charge in [-0.15, -0.1) is 11.3 Å². The van der Waals surface area contributed by atoms with Crippen LogP contribution >= 0.6 is 11.3 Å². The summed E-state index contributed by atoms with van der Waals surface area (Å²) >= 11 is 0.571. The van der Waals surface area contributed by atoms with Crippen LogP contribution in [0.1, 0.15) is 18.1 Å². The Morgan fingerprint density at radius 2 is 1.87 bits per heavy atom. The number of pyridine rings is 1. The molecule has 1 aromatic carbocycles. The average molecular weight is 471 g/mol. The number of nitrogens with zero attached hydrogens (tertiary/aromatic N) is 3. The van der Waals surface area contributed by atoms with E-state index < -0.39 is 39.3 Å². The number of benzene rings is 1. The number of aryl methyl sites for hydroxylation is 1. The van der Waals surface area contributed by atoms with Crippen LogP contribution in [0.3, 0.4) is 0 Å². The molecule has 1 saturated heterocycles. The predicted octanol–water partition coefficient (Wildman–Crippen LogP) is 4.67. The summed E-state index contributed by atoms with van der Waals surface area (Å²) in [4.78, 5) is 19.4. The SMILES string of the molecule is Cc1c(N2C(=O)N(c3cc(C(F)(F)F)cs3)C(S(=O)(=O)O)[C@H]2C)cnc2ccccc12. The Balaban J connectivity index is 1.86. The second-order valence-corrected chi connectivity index (χ2v) is 9.53. The molecule has 0 bridgehead atoms. The van der Waals surface area contributed by atoms with E-state index in [1.165, 1.54) is 13.1 Å². The fourth-order valence-corrected chi connectivity index (χ4v) is 5.88. The molecule has 0 radical (unpaired) electrons. The van der Waals surface area contributed by atoms with E-state index in [2.05, 4.69) is 4.98 Å². The van der Waals surface area contributed by atoms with Crippen LogP contribution < -0.4 is 9.80 Å². The standard InChI is InChI=1S/C19H16F3N3O4S2/c1-10-13-5-3-4-6-14(13)23-8-15(10)24-11(2)17(31(27,28)29)25(18(24)26)16-7-12(9-30-16)19(20,21)22/h3-9,11,17H,1-2H3,(H,27,28,29)/t11-,17?/m1/s1. The molecular weight excluding hydrogens is 455 g/mol. The van der Waals surface area contributed by atoms with E-state index in [0.717, 1.165) is 15.7 Å². The molecule has 4 rings (SSSR count). The van der Waals surface area contributed by atoms with Gasteiger partial charge in [0.25, 0.3) is 10.1 Å². The molecule has 0 saturated carbocycles. The molecule has 1 N–H and O–H groups in total. The topological polar surface area (TPSA) is 90.8 Å². The van der Waals surface area contributed by atoms with E-state index in [-0.39, 0.29) is 5.00 Å². The van der Waals surface area contributed by atoms with Gasteiger partial charge in [0.05, 0.1) is 29.0 Å². The normalized spacial score (nSPS) is 20.1. The zero-order valence-electron chi connectivity index (χ0n) is 16.2. The fourth-order valence-electron chi connectivity index (χ4n) is 3.78. The highest BCUT2D eigenvalue weighted by atomic mass is 32.2. The number of alkyl halides is 3. The first-order valence-corrected chi connectivity index (χ1v) is 11.4. The Morgan fingerprint density at radius 1 is 1.19 bits per heavy atom. The van der Waals surface area contributed by atoms with Gasteiger partial charge in [0, 0.05) is 10.8 Å². The van der Waals surface area contributed by atoms with E-state index in [4.69, 9.17) is 0 Å². The van der Waals surface area contributed by atoms with Crippen molar-refractivity contribution in [2.45, 2.75) is 31.4 Å². The highest BCUT2D eigenvalue weighted by molar-refractivity contribution is 7.86. The summed E-state index contributed by atoms with van der Waals surface area (Å²) in [5, 5.41) is -0.497. The number of anilines is 2. The van der Waals surface area contributed by atoms with Crippen molar-refractivity contribution in [2.75, 3.05) is 9.80 Å². The summed E-state index contributed by atoms with van der Waals surface area (Å²) in [5.74, 6) is 0. The molecule has 3 aromatic rings. The third kappa shape index (κ3) is 3.54. The molecule has 1 aliphatic heterocycles. The molecule has 12 heteroatoms.